The molecule has 1 N–H and O–H groups in total. The van der Waals surface area contributed by atoms with Crippen molar-refractivity contribution in [1.82, 2.24) is 4.98 Å². The van der Waals surface area contributed by atoms with Gasteiger partial charge < -0.3 is 10.1 Å². The molecule has 1 rings (SSSR count). The van der Waals surface area contributed by atoms with Crippen molar-refractivity contribution in [2.24, 2.45) is 0 Å². The van der Waals surface area contributed by atoms with E-state index in [1.807, 2.05) is 12.1 Å². The highest BCUT2D eigenvalue weighted by Gasteiger charge is 1.97. The lowest BCUT2D eigenvalue weighted by Gasteiger charge is -2.06. The number of aromatic nitrogens is 1. The first kappa shape index (κ1) is 11.3. The number of pyridine rings is 1. The Kier molecular flexibility index (Phi) is 5.33. The van der Waals surface area contributed by atoms with Gasteiger partial charge in [-0.3, -0.25) is 0 Å². The number of unbranched alkanes of at least 4 members (excludes halogenated alkanes) is 1. The minimum Gasteiger partial charge on any atom is -0.385 e. The van der Waals surface area contributed by atoms with Gasteiger partial charge in [-0.05, 0) is 25.0 Å². The van der Waals surface area contributed by atoms with Gasteiger partial charge in [0.1, 0.15) is 5.82 Å². The highest BCUT2D eigenvalue weighted by atomic mass is 35.5. The molecule has 0 spiro atoms. The minimum absolute atomic E-state index is 0.666. The number of nitrogens with one attached hydrogen (secondary N) is 1. The molecule has 0 fully saturated rings. The molecule has 0 aliphatic rings. The molecule has 1 aromatic rings. The number of methoxy groups -OCH3 is 1. The second-order valence-corrected chi connectivity index (χ2v) is 3.37. The third kappa shape index (κ3) is 3.94. The summed E-state index contributed by atoms with van der Waals surface area (Å²) in [6.45, 7) is 1.68. The molecule has 0 saturated carbocycles. The molecule has 0 aliphatic heterocycles. The van der Waals surface area contributed by atoms with Gasteiger partial charge in [0.05, 0.1) is 5.02 Å². The number of hydrogen-bond donors (Lipinski definition) is 1. The summed E-state index contributed by atoms with van der Waals surface area (Å²) in [6, 6.07) is 3.64. The molecular formula is C10H15ClN2O. The smallest absolute Gasteiger partial charge is 0.144 e. The average molecular weight is 215 g/mol. The Morgan fingerprint density at radius 2 is 2.36 bits per heavy atom. The molecule has 14 heavy (non-hydrogen) atoms. The molecule has 78 valence electrons. The van der Waals surface area contributed by atoms with Crippen molar-refractivity contribution in [2.45, 2.75) is 12.8 Å². The fourth-order valence-electron chi connectivity index (χ4n) is 1.09. The van der Waals surface area contributed by atoms with Crippen molar-refractivity contribution in [3.63, 3.8) is 0 Å². The van der Waals surface area contributed by atoms with Crippen LogP contribution in [0.2, 0.25) is 5.02 Å². The molecule has 0 aliphatic carbocycles. The number of halogens is 1. The van der Waals surface area contributed by atoms with Crippen LogP contribution >= 0.6 is 11.6 Å². The van der Waals surface area contributed by atoms with E-state index in [1.54, 1.807) is 13.3 Å². The summed E-state index contributed by atoms with van der Waals surface area (Å²) >= 11 is 5.91. The number of hydrogen-bond acceptors (Lipinski definition) is 3. The number of anilines is 1. The Morgan fingerprint density at radius 1 is 1.50 bits per heavy atom. The van der Waals surface area contributed by atoms with E-state index in [0.717, 1.165) is 31.8 Å². The molecule has 0 bridgehead atoms. The lowest BCUT2D eigenvalue weighted by molar-refractivity contribution is 0.194. The van der Waals surface area contributed by atoms with Crippen molar-refractivity contribution < 1.29 is 4.74 Å². The molecule has 0 radical (unpaired) electrons. The van der Waals surface area contributed by atoms with E-state index in [1.165, 1.54) is 0 Å². The Hall–Kier alpha value is -0.800. The lowest BCUT2D eigenvalue weighted by atomic mass is 10.3. The topological polar surface area (TPSA) is 34.1 Å². The predicted octanol–water partition coefficient (Wildman–Crippen LogP) is 2.57. The fraction of sp³-hybridized carbons (Fsp3) is 0.500. The second-order valence-electron chi connectivity index (χ2n) is 2.96. The molecular weight excluding hydrogens is 200 g/mol. The fourth-order valence-corrected chi connectivity index (χ4v) is 1.28. The van der Waals surface area contributed by atoms with Gasteiger partial charge in [0.25, 0.3) is 0 Å². The van der Waals surface area contributed by atoms with Crippen molar-refractivity contribution in [3.05, 3.63) is 23.4 Å². The highest BCUT2D eigenvalue weighted by Crippen LogP contribution is 2.16. The summed E-state index contributed by atoms with van der Waals surface area (Å²) in [5.41, 5.74) is 0. The van der Waals surface area contributed by atoms with E-state index in [2.05, 4.69) is 10.3 Å². The summed E-state index contributed by atoms with van der Waals surface area (Å²) in [4.78, 5) is 4.12. The molecule has 3 nitrogen and oxygen atoms in total. The van der Waals surface area contributed by atoms with Crippen molar-refractivity contribution in [1.29, 1.82) is 0 Å². The van der Waals surface area contributed by atoms with Gasteiger partial charge >= 0.3 is 0 Å². The van der Waals surface area contributed by atoms with Crippen LogP contribution in [0.1, 0.15) is 12.8 Å². The van der Waals surface area contributed by atoms with Gasteiger partial charge in [-0.1, -0.05) is 11.6 Å². The summed E-state index contributed by atoms with van der Waals surface area (Å²) in [5, 5.41) is 3.84. The van der Waals surface area contributed by atoms with Crippen LogP contribution in [-0.4, -0.2) is 25.2 Å². The maximum absolute atomic E-state index is 5.91. The lowest BCUT2D eigenvalue weighted by Crippen LogP contribution is -2.04. The molecule has 0 atom stereocenters. The van der Waals surface area contributed by atoms with Gasteiger partial charge in [-0.2, -0.15) is 0 Å². The predicted molar refractivity (Wildman–Crippen MR) is 58.8 cm³/mol. The Labute approximate surface area is 89.4 Å². The van der Waals surface area contributed by atoms with Gasteiger partial charge in [0.2, 0.25) is 0 Å². The van der Waals surface area contributed by atoms with E-state index >= 15 is 0 Å². The van der Waals surface area contributed by atoms with Crippen LogP contribution in [0.25, 0.3) is 0 Å². The van der Waals surface area contributed by atoms with Crippen LogP contribution < -0.4 is 5.32 Å². The molecule has 0 amide bonds. The van der Waals surface area contributed by atoms with Crippen LogP contribution in [0.15, 0.2) is 18.3 Å². The van der Waals surface area contributed by atoms with E-state index in [0.29, 0.717) is 5.02 Å². The Bertz CT molecular complexity index is 268. The first-order valence-electron chi connectivity index (χ1n) is 4.68. The summed E-state index contributed by atoms with van der Waals surface area (Å²) in [6.07, 6.45) is 3.83. The number of ether oxygens (including phenoxy) is 1. The molecule has 0 unspecified atom stereocenters. The maximum Gasteiger partial charge on any atom is 0.144 e. The normalized spacial score (nSPS) is 10.1. The second kappa shape index (κ2) is 6.62. The standard InChI is InChI=1S/C10H15ClN2O/c1-14-8-3-2-6-12-10-9(11)5-4-7-13-10/h4-5,7H,2-3,6,8H2,1H3,(H,12,13). The quantitative estimate of drug-likeness (QED) is 0.740. The zero-order valence-corrected chi connectivity index (χ0v) is 9.05. The molecule has 4 heteroatoms. The van der Waals surface area contributed by atoms with Gasteiger partial charge in [-0.15, -0.1) is 0 Å². The first-order chi connectivity index (χ1) is 6.84. The van der Waals surface area contributed by atoms with Crippen molar-refractivity contribution >= 4 is 17.4 Å². The van der Waals surface area contributed by atoms with Crippen LogP contribution in [0, 0.1) is 0 Å². The van der Waals surface area contributed by atoms with E-state index in [4.69, 9.17) is 16.3 Å². The third-order valence-electron chi connectivity index (χ3n) is 1.83. The molecule has 0 aromatic carbocycles. The van der Waals surface area contributed by atoms with Gasteiger partial charge in [0, 0.05) is 26.5 Å². The summed E-state index contributed by atoms with van der Waals surface area (Å²) in [7, 11) is 1.71. The summed E-state index contributed by atoms with van der Waals surface area (Å²) < 4.78 is 4.95. The number of rotatable bonds is 6. The molecule has 1 heterocycles. The Morgan fingerprint density at radius 3 is 3.07 bits per heavy atom. The van der Waals surface area contributed by atoms with E-state index in [-0.39, 0.29) is 0 Å². The molecule has 1 aromatic heterocycles. The van der Waals surface area contributed by atoms with Crippen LogP contribution in [-0.2, 0) is 4.74 Å². The van der Waals surface area contributed by atoms with Crippen molar-refractivity contribution in [3.8, 4) is 0 Å². The largest absolute Gasteiger partial charge is 0.385 e. The van der Waals surface area contributed by atoms with E-state index in [9.17, 15) is 0 Å². The zero-order chi connectivity index (χ0) is 10.2. The van der Waals surface area contributed by atoms with Crippen LogP contribution in [0.3, 0.4) is 0 Å². The summed E-state index contributed by atoms with van der Waals surface area (Å²) in [5.74, 6) is 0.756. The SMILES string of the molecule is COCCCCNc1ncccc1Cl. The molecule has 0 saturated heterocycles. The van der Waals surface area contributed by atoms with E-state index < -0.39 is 0 Å². The Balaban J connectivity index is 2.21. The maximum atomic E-state index is 5.91. The highest BCUT2D eigenvalue weighted by molar-refractivity contribution is 6.32. The van der Waals surface area contributed by atoms with Crippen LogP contribution in [0.5, 0.6) is 0 Å². The average Bonchev–Trinajstić information content (AvgIpc) is 2.20. The van der Waals surface area contributed by atoms with Gasteiger partial charge in [-0.25, -0.2) is 4.98 Å². The van der Waals surface area contributed by atoms with Crippen LogP contribution in [0.4, 0.5) is 5.82 Å². The van der Waals surface area contributed by atoms with Gasteiger partial charge in [0.15, 0.2) is 0 Å². The minimum atomic E-state index is 0.666. The third-order valence-corrected chi connectivity index (χ3v) is 2.13. The zero-order valence-electron chi connectivity index (χ0n) is 8.29. The van der Waals surface area contributed by atoms with Crippen molar-refractivity contribution in [2.75, 3.05) is 25.6 Å². The number of nitrogens with zero attached hydrogens (tertiary/aromatic N) is 1. The first-order valence-corrected chi connectivity index (χ1v) is 5.05. The monoisotopic (exact) mass is 214 g/mol.